The maximum Gasteiger partial charge on any atom is 0.274 e. The van der Waals surface area contributed by atoms with Crippen LogP contribution in [-0.4, -0.2) is 32.1 Å². The van der Waals surface area contributed by atoms with Gasteiger partial charge in [0.05, 0.1) is 10.5 Å². The quantitative estimate of drug-likeness (QED) is 0.397. The van der Waals surface area contributed by atoms with Crippen LogP contribution in [0.2, 0.25) is 0 Å². The van der Waals surface area contributed by atoms with Crippen LogP contribution >= 0.6 is 11.3 Å². The summed E-state index contributed by atoms with van der Waals surface area (Å²) in [6, 6.07) is 7.21. The fourth-order valence-corrected chi connectivity index (χ4v) is 4.62. The second kappa shape index (κ2) is 8.49. The van der Waals surface area contributed by atoms with Gasteiger partial charge in [-0.1, -0.05) is 6.07 Å². The molecule has 4 rings (SSSR count). The van der Waals surface area contributed by atoms with Gasteiger partial charge in [0.15, 0.2) is 0 Å². The minimum absolute atomic E-state index is 0.244. The summed E-state index contributed by atoms with van der Waals surface area (Å²) in [6.45, 7) is 7.62. The molecular weight excluding hydrogens is 440 g/mol. The van der Waals surface area contributed by atoms with Gasteiger partial charge in [-0.15, -0.1) is 11.3 Å². The second-order valence-electron chi connectivity index (χ2n) is 8.38. The number of nitrogens with zero attached hydrogens (tertiary/aromatic N) is 2. The third kappa shape index (κ3) is 4.29. The van der Waals surface area contributed by atoms with Crippen LogP contribution in [0.5, 0.6) is 11.6 Å². The number of thiophene rings is 1. The predicted molar refractivity (Wildman–Crippen MR) is 129 cm³/mol. The van der Waals surface area contributed by atoms with E-state index in [2.05, 4.69) is 15.3 Å². The van der Waals surface area contributed by atoms with E-state index >= 15 is 0 Å². The highest BCUT2D eigenvalue weighted by Crippen LogP contribution is 2.45. The molecule has 8 nitrogen and oxygen atoms in total. The Morgan fingerprint density at radius 1 is 1.36 bits per heavy atom. The Kier molecular flexibility index (Phi) is 5.85. The van der Waals surface area contributed by atoms with Crippen molar-refractivity contribution in [1.82, 2.24) is 19.9 Å². The van der Waals surface area contributed by atoms with Crippen molar-refractivity contribution in [2.75, 3.05) is 6.54 Å². The van der Waals surface area contributed by atoms with Crippen molar-refractivity contribution in [2.45, 2.75) is 33.3 Å². The Hall–Kier alpha value is -3.43. The molecule has 172 valence electrons. The maximum absolute atomic E-state index is 12.8. The number of aromatic nitrogens is 3. The molecule has 33 heavy (non-hydrogen) atoms. The molecule has 0 atom stereocenters. The fourth-order valence-electron chi connectivity index (χ4n) is 3.51. The van der Waals surface area contributed by atoms with Gasteiger partial charge in [0.2, 0.25) is 5.88 Å². The van der Waals surface area contributed by atoms with E-state index < -0.39 is 5.60 Å². The summed E-state index contributed by atoms with van der Waals surface area (Å²) in [7, 11) is 1.66. The van der Waals surface area contributed by atoms with Crippen molar-refractivity contribution in [3.8, 4) is 22.1 Å². The monoisotopic (exact) mass is 466 g/mol. The van der Waals surface area contributed by atoms with Crippen molar-refractivity contribution in [1.29, 1.82) is 0 Å². The molecule has 0 spiro atoms. The van der Waals surface area contributed by atoms with E-state index in [-0.39, 0.29) is 11.5 Å². The van der Waals surface area contributed by atoms with Crippen LogP contribution < -0.4 is 15.6 Å². The SMILES string of the molecule is CCNC(=O)c1cc2c(-c3sc(C(C)(C)O)cc3Oc3ncccc3C)cn(C)c(=O)c2[nH]1. The first-order valence-corrected chi connectivity index (χ1v) is 11.4. The number of amides is 1. The van der Waals surface area contributed by atoms with E-state index in [0.717, 1.165) is 10.4 Å². The number of H-pyrrole nitrogens is 1. The lowest BCUT2D eigenvalue weighted by Gasteiger charge is -2.13. The topological polar surface area (TPSA) is 109 Å². The molecule has 4 aromatic heterocycles. The van der Waals surface area contributed by atoms with E-state index in [1.54, 1.807) is 45.4 Å². The Morgan fingerprint density at radius 3 is 2.79 bits per heavy atom. The normalized spacial score (nSPS) is 11.7. The number of aromatic amines is 1. The van der Waals surface area contributed by atoms with Crippen LogP contribution in [0.4, 0.5) is 0 Å². The van der Waals surface area contributed by atoms with Crippen LogP contribution in [0.1, 0.15) is 41.7 Å². The zero-order valence-corrected chi connectivity index (χ0v) is 20.0. The molecule has 4 heterocycles. The fraction of sp³-hybridized carbons (Fsp3) is 0.292. The number of hydrogen-bond acceptors (Lipinski definition) is 6. The lowest BCUT2D eigenvalue weighted by atomic mass is 10.1. The smallest absolute Gasteiger partial charge is 0.274 e. The summed E-state index contributed by atoms with van der Waals surface area (Å²) in [5, 5.41) is 14.0. The lowest BCUT2D eigenvalue weighted by Crippen LogP contribution is -2.23. The molecule has 0 bridgehead atoms. The Balaban J connectivity index is 1.96. The van der Waals surface area contributed by atoms with Gasteiger partial charge in [-0.2, -0.15) is 0 Å². The van der Waals surface area contributed by atoms with Crippen molar-refractivity contribution in [3.63, 3.8) is 0 Å². The highest BCUT2D eigenvalue weighted by atomic mass is 32.1. The first kappa shape index (κ1) is 22.8. The van der Waals surface area contributed by atoms with Gasteiger partial charge in [0.25, 0.3) is 11.5 Å². The van der Waals surface area contributed by atoms with Crippen molar-refractivity contribution in [2.24, 2.45) is 7.05 Å². The number of aliphatic hydroxyl groups is 1. The first-order valence-electron chi connectivity index (χ1n) is 10.6. The molecule has 0 unspecified atom stereocenters. The van der Waals surface area contributed by atoms with Crippen LogP contribution in [-0.2, 0) is 12.6 Å². The summed E-state index contributed by atoms with van der Waals surface area (Å²) < 4.78 is 7.66. The summed E-state index contributed by atoms with van der Waals surface area (Å²) in [5.41, 5.74) is 0.873. The summed E-state index contributed by atoms with van der Waals surface area (Å²) in [5.74, 6) is 0.683. The molecule has 1 amide bonds. The van der Waals surface area contributed by atoms with Gasteiger partial charge >= 0.3 is 0 Å². The molecule has 0 aromatic carbocycles. The Labute approximate surface area is 194 Å². The van der Waals surface area contributed by atoms with Gasteiger partial charge < -0.3 is 24.7 Å². The highest BCUT2D eigenvalue weighted by Gasteiger charge is 2.26. The first-order chi connectivity index (χ1) is 15.6. The second-order valence-corrected chi connectivity index (χ2v) is 9.43. The molecule has 0 aliphatic carbocycles. The largest absolute Gasteiger partial charge is 0.437 e. The van der Waals surface area contributed by atoms with Gasteiger partial charge in [-0.05, 0) is 45.9 Å². The number of hydrogen-bond donors (Lipinski definition) is 3. The van der Waals surface area contributed by atoms with Crippen LogP contribution in [0.25, 0.3) is 21.3 Å². The Bertz CT molecular complexity index is 1410. The number of nitrogens with one attached hydrogen (secondary N) is 2. The molecule has 0 aliphatic rings. The number of aryl methyl sites for hydroxylation is 2. The summed E-state index contributed by atoms with van der Waals surface area (Å²) in [6.07, 6.45) is 3.37. The van der Waals surface area contributed by atoms with Gasteiger partial charge in [-0.25, -0.2) is 4.98 Å². The van der Waals surface area contributed by atoms with Crippen LogP contribution in [0.15, 0.2) is 41.5 Å². The number of carbonyl (C=O) groups excluding carboxylic acids is 1. The lowest BCUT2D eigenvalue weighted by molar-refractivity contribution is 0.0824. The Morgan fingerprint density at radius 2 is 2.12 bits per heavy atom. The average Bonchev–Trinajstić information content (AvgIpc) is 3.38. The zero-order valence-electron chi connectivity index (χ0n) is 19.1. The summed E-state index contributed by atoms with van der Waals surface area (Å²) >= 11 is 1.37. The molecule has 0 radical (unpaired) electrons. The standard InChI is InChI=1S/C24H26N4O4S/c1-6-25-21(29)16-10-14-15(12-28(5)23(30)19(14)27-16)20-17(11-18(33-20)24(3,4)31)32-22-13(2)8-7-9-26-22/h7-12,27,31H,6H2,1-5H3,(H,25,29). The van der Waals surface area contributed by atoms with Gasteiger partial charge in [0, 0.05) is 47.4 Å². The zero-order chi connectivity index (χ0) is 23.9. The highest BCUT2D eigenvalue weighted by molar-refractivity contribution is 7.16. The van der Waals surface area contributed by atoms with E-state index in [4.69, 9.17) is 4.74 Å². The molecule has 0 aliphatic heterocycles. The molecule has 9 heteroatoms. The minimum atomic E-state index is -1.09. The van der Waals surface area contributed by atoms with Gasteiger partial charge in [-0.3, -0.25) is 9.59 Å². The molecular formula is C24H26N4O4S. The van der Waals surface area contributed by atoms with E-state index in [0.29, 0.717) is 45.2 Å². The third-order valence-corrected chi connectivity index (χ3v) is 6.72. The van der Waals surface area contributed by atoms with Crippen LogP contribution in [0, 0.1) is 6.92 Å². The molecule has 4 aromatic rings. The average molecular weight is 467 g/mol. The van der Waals surface area contributed by atoms with Crippen molar-refractivity contribution < 1.29 is 14.6 Å². The maximum atomic E-state index is 12.8. The molecule has 0 fully saturated rings. The van der Waals surface area contributed by atoms with E-state index in [9.17, 15) is 14.7 Å². The number of fused-ring (bicyclic) bond motifs is 1. The molecule has 3 N–H and O–H groups in total. The predicted octanol–water partition coefficient (Wildman–Crippen LogP) is 4.07. The number of ether oxygens (including phenoxy) is 1. The number of pyridine rings is 2. The third-order valence-electron chi connectivity index (χ3n) is 5.26. The van der Waals surface area contributed by atoms with Crippen molar-refractivity contribution >= 4 is 28.1 Å². The summed E-state index contributed by atoms with van der Waals surface area (Å²) in [4.78, 5) is 34.0. The molecule has 0 saturated heterocycles. The van der Waals surface area contributed by atoms with E-state index in [1.165, 1.54) is 15.9 Å². The van der Waals surface area contributed by atoms with Crippen LogP contribution in [0.3, 0.4) is 0 Å². The molecule has 0 saturated carbocycles. The number of rotatable bonds is 6. The van der Waals surface area contributed by atoms with Gasteiger partial charge in [0.1, 0.15) is 17.0 Å². The van der Waals surface area contributed by atoms with Crippen molar-refractivity contribution in [3.05, 3.63) is 63.1 Å². The number of carbonyl (C=O) groups is 1. The minimum Gasteiger partial charge on any atom is -0.437 e. The van der Waals surface area contributed by atoms with E-state index in [1.807, 2.05) is 26.0 Å².